The number of ketones is 1. The molecule has 0 aromatic heterocycles. The Labute approximate surface area is 133 Å². The third kappa shape index (κ3) is 3.23. The van der Waals surface area contributed by atoms with E-state index in [-0.39, 0.29) is 18.1 Å². The Kier molecular flexibility index (Phi) is 3.85. The van der Waals surface area contributed by atoms with Crippen LogP contribution in [0.15, 0.2) is 48.2 Å². The van der Waals surface area contributed by atoms with Crippen molar-refractivity contribution in [2.24, 2.45) is 5.73 Å². The monoisotopic (exact) mass is 309 g/mol. The van der Waals surface area contributed by atoms with Crippen LogP contribution in [0.25, 0.3) is 6.08 Å². The molecule has 1 aliphatic heterocycles. The Morgan fingerprint density at radius 3 is 2.83 bits per heavy atom. The van der Waals surface area contributed by atoms with Gasteiger partial charge in [-0.2, -0.15) is 0 Å². The quantitative estimate of drug-likeness (QED) is 0.880. The molecule has 1 amide bonds. The van der Waals surface area contributed by atoms with Crippen molar-refractivity contribution in [2.45, 2.75) is 6.92 Å². The molecule has 2 aromatic rings. The van der Waals surface area contributed by atoms with Gasteiger partial charge in [-0.3, -0.25) is 9.59 Å². The molecule has 0 spiro atoms. The van der Waals surface area contributed by atoms with Crippen molar-refractivity contribution >= 4 is 17.8 Å². The molecule has 3 rings (SSSR count). The molecule has 1 aliphatic rings. The molecule has 2 N–H and O–H groups in total. The third-order valence-corrected chi connectivity index (χ3v) is 3.36. The smallest absolute Gasteiger partial charge is 0.255 e. The Hall–Kier alpha value is -3.08. The van der Waals surface area contributed by atoms with Crippen LogP contribution in [0, 0.1) is 6.92 Å². The van der Waals surface area contributed by atoms with Crippen molar-refractivity contribution in [3.63, 3.8) is 0 Å². The fourth-order valence-corrected chi connectivity index (χ4v) is 2.32. The van der Waals surface area contributed by atoms with Crippen molar-refractivity contribution in [1.29, 1.82) is 0 Å². The number of hydrogen-bond donors (Lipinski definition) is 1. The number of benzene rings is 2. The normalized spacial score (nSPS) is 14.5. The SMILES string of the molecule is Cc1cccc(/C=C2\Oc3cc(OCC(N)=O)ccc3C2=O)c1. The van der Waals surface area contributed by atoms with Gasteiger partial charge in [0, 0.05) is 6.07 Å². The number of carbonyl (C=O) groups is 2. The van der Waals surface area contributed by atoms with E-state index in [1.54, 1.807) is 24.3 Å². The van der Waals surface area contributed by atoms with E-state index in [4.69, 9.17) is 15.2 Å². The van der Waals surface area contributed by atoms with Crippen LogP contribution in [0.2, 0.25) is 0 Å². The summed E-state index contributed by atoms with van der Waals surface area (Å²) in [6.45, 7) is 1.76. The highest BCUT2D eigenvalue weighted by Crippen LogP contribution is 2.34. The minimum atomic E-state index is -0.567. The molecule has 5 nitrogen and oxygen atoms in total. The predicted octanol–water partition coefficient (Wildman–Crippen LogP) is 2.48. The molecule has 0 atom stereocenters. The highest BCUT2D eigenvalue weighted by Gasteiger charge is 2.27. The summed E-state index contributed by atoms with van der Waals surface area (Å²) in [6.07, 6.45) is 1.71. The van der Waals surface area contributed by atoms with Crippen LogP contribution >= 0.6 is 0 Å². The van der Waals surface area contributed by atoms with Crippen LogP contribution < -0.4 is 15.2 Å². The van der Waals surface area contributed by atoms with Gasteiger partial charge < -0.3 is 15.2 Å². The van der Waals surface area contributed by atoms with E-state index in [2.05, 4.69) is 0 Å². The summed E-state index contributed by atoms with van der Waals surface area (Å²) < 4.78 is 10.8. The molecule has 5 heteroatoms. The highest BCUT2D eigenvalue weighted by atomic mass is 16.5. The Morgan fingerprint density at radius 1 is 1.26 bits per heavy atom. The molecule has 23 heavy (non-hydrogen) atoms. The first kappa shape index (κ1) is 14.8. The number of hydrogen-bond acceptors (Lipinski definition) is 4. The molecule has 2 aromatic carbocycles. The van der Waals surface area contributed by atoms with Crippen LogP contribution in [0.4, 0.5) is 0 Å². The van der Waals surface area contributed by atoms with Crippen molar-refractivity contribution < 1.29 is 19.1 Å². The molecule has 0 saturated carbocycles. The predicted molar refractivity (Wildman–Crippen MR) is 85.2 cm³/mol. The zero-order valence-corrected chi connectivity index (χ0v) is 12.5. The number of rotatable bonds is 4. The molecule has 0 aliphatic carbocycles. The molecule has 1 heterocycles. The maximum absolute atomic E-state index is 12.4. The molecule has 116 valence electrons. The minimum Gasteiger partial charge on any atom is -0.484 e. The molecule has 0 bridgehead atoms. The van der Waals surface area contributed by atoms with Gasteiger partial charge in [0.15, 0.2) is 12.4 Å². The van der Waals surface area contributed by atoms with Gasteiger partial charge in [0.1, 0.15) is 11.5 Å². The Morgan fingerprint density at radius 2 is 2.09 bits per heavy atom. The summed E-state index contributed by atoms with van der Waals surface area (Å²) in [4.78, 5) is 23.1. The molecule has 0 saturated heterocycles. The maximum atomic E-state index is 12.4. The zero-order valence-electron chi connectivity index (χ0n) is 12.5. The summed E-state index contributed by atoms with van der Waals surface area (Å²) in [5.41, 5.74) is 7.50. The van der Waals surface area contributed by atoms with E-state index in [0.717, 1.165) is 11.1 Å². The summed E-state index contributed by atoms with van der Waals surface area (Å²) >= 11 is 0. The minimum absolute atomic E-state index is 0.178. The number of Topliss-reactive ketones (excluding diaryl/α,β-unsaturated/α-hetero) is 1. The van der Waals surface area contributed by atoms with E-state index in [0.29, 0.717) is 17.1 Å². The van der Waals surface area contributed by atoms with E-state index >= 15 is 0 Å². The van der Waals surface area contributed by atoms with Crippen LogP contribution in [-0.2, 0) is 4.79 Å². The number of primary amides is 1. The average molecular weight is 309 g/mol. The number of amides is 1. The summed E-state index contributed by atoms with van der Waals surface area (Å²) in [5, 5.41) is 0. The fraction of sp³-hybridized carbons (Fsp3) is 0.111. The Bertz CT molecular complexity index is 824. The fourth-order valence-electron chi connectivity index (χ4n) is 2.32. The second-order valence-corrected chi connectivity index (χ2v) is 5.27. The number of allylic oxidation sites excluding steroid dienone is 1. The van der Waals surface area contributed by atoms with Gasteiger partial charge in [-0.25, -0.2) is 0 Å². The number of ether oxygens (including phenoxy) is 2. The average Bonchev–Trinajstić information content (AvgIpc) is 2.81. The first-order valence-corrected chi connectivity index (χ1v) is 7.09. The summed E-state index contributed by atoms with van der Waals surface area (Å²) in [7, 11) is 0. The number of nitrogens with two attached hydrogens (primary N) is 1. The lowest BCUT2D eigenvalue weighted by atomic mass is 10.1. The van der Waals surface area contributed by atoms with E-state index in [9.17, 15) is 9.59 Å². The van der Waals surface area contributed by atoms with Gasteiger partial charge in [0.05, 0.1) is 5.56 Å². The lowest BCUT2D eigenvalue weighted by Gasteiger charge is -2.04. The maximum Gasteiger partial charge on any atom is 0.255 e. The molecular formula is C18H15NO4. The number of aryl methyl sites for hydroxylation is 1. The van der Waals surface area contributed by atoms with Crippen molar-refractivity contribution in [3.8, 4) is 11.5 Å². The van der Waals surface area contributed by atoms with Gasteiger partial charge in [0.2, 0.25) is 5.78 Å². The van der Waals surface area contributed by atoms with Crippen LogP contribution in [0.3, 0.4) is 0 Å². The van der Waals surface area contributed by atoms with Gasteiger partial charge in [-0.05, 0) is 30.7 Å². The zero-order chi connectivity index (χ0) is 16.4. The van der Waals surface area contributed by atoms with Crippen LogP contribution in [0.5, 0.6) is 11.5 Å². The lowest BCUT2D eigenvalue weighted by molar-refractivity contribution is -0.119. The standard InChI is InChI=1S/C18H15NO4/c1-11-3-2-4-12(7-11)8-16-18(21)14-6-5-13(9-15(14)23-16)22-10-17(19)20/h2-9H,10H2,1H3,(H2,19,20)/b16-8-. The van der Waals surface area contributed by atoms with Gasteiger partial charge in [-0.15, -0.1) is 0 Å². The summed E-state index contributed by atoms with van der Waals surface area (Å²) in [5.74, 6) is 0.353. The third-order valence-electron chi connectivity index (χ3n) is 3.36. The van der Waals surface area contributed by atoms with E-state index in [1.165, 1.54) is 0 Å². The largest absolute Gasteiger partial charge is 0.484 e. The molecular weight excluding hydrogens is 294 g/mol. The second-order valence-electron chi connectivity index (χ2n) is 5.27. The van der Waals surface area contributed by atoms with E-state index < -0.39 is 5.91 Å². The first-order chi connectivity index (χ1) is 11.0. The van der Waals surface area contributed by atoms with Crippen molar-refractivity contribution in [3.05, 3.63) is 64.9 Å². The molecule has 0 fully saturated rings. The van der Waals surface area contributed by atoms with Crippen LogP contribution in [-0.4, -0.2) is 18.3 Å². The molecule has 0 radical (unpaired) electrons. The van der Waals surface area contributed by atoms with Crippen LogP contribution in [0.1, 0.15) is 21.5 Å². The lowest BCUT2D eigenvalue weighted by Crippen LogP contribution is -2.19. The number of carbonyl (C=O) groups excluding carboxylic acids is 2. The second kappa shape index (κ2) is 5.96. The van der Waals surface area contributed by atoms with Gasteiger partial charge >= 0.3 is 0 Å². The number of fused-ring (bicyclic) bond motifs is 1. The topological polar surface area (TPSA) is 78.6 Å². The van der Waals surface area contributed by atoms with E-state index in [1.807, 2.05) is 31.2 Å². The molecule has 0 unspecified atom stereocenters. The van der Waals surface area contributed by atoms with Gasteiger partial charge in [-0.1, -0.05) is 29.8 Å². The van der Waals surface area contributed by atoms with Gasteiger partial charge in [0.25, 0.3) is 5.91 Å². The summed E-state index contributed by atoms with van der Waals surface area (Å²) in [6, 6.07) is 12.6. The first-order valence-electron chi connectivity index (χ1n) is 7.09. The van der Waals surface area contributed by atoms with Crippen molar-refractivity contribution in [2.75, 3.05) is 6.61 Å². The highest BCUT2D eigenvalue weighted by molar-refractivity contribution is 6.14. The Balaban J connectivity index is 1.85. The van der Waals surface area contributed by atoms with Crippen molar-refractivity contribution in [1.82, 2.24) is 0 Å².